The molecule has 0 aliphatic heterocycles. The Morgan fingerprint density at radius 3 is 2.17 bits per heavy atom. The number of nitrogens with one attached hydrogen (secondary N) is 1. The van der Waals surface area contributed by atoms with Crippen LogP contribution in [-0.2, 0) is 4.74 Å². The van der Waals surface area contributed by atoms with E-state index < -0.39 is 11.7 Å². The molecule has 4 aliphatic rings. The summed E-state index contributed by atoms with van der Waals surface area (Å²) in [4.78, 5) is 26.8. The number of nitrogens with zero attached hydrogens (tertiary/aromatic N) is 1. The molecule has 1 N–H and O–H groups in total. The van der Waals surface area contributed by atoms with Crippen molar-refractivity contribution in [1.82, 2.24) is 9.88 Å². The van der Waals surface area contributed by atoms with E-state index in [4.69, 9.17) is 14.2 Å². The van der Waals surface area contributed by atoms with Crippen LogP contribution in [0.15, 0.2) is 30.5 Å². The molecule has 4 aliphatic carbocycles. The number of ether oxygens (including phenoxy) is 3. The molecule has 1 amide bonds. The lowest BCUT2D eigenvalue weighted by atomic mass is 9.54. The predicted molar refractivity (Wildman–Crippen MR) is 133 cm³/mol. The topological polar surface area (TPSA) is 78.8 Å². The zero-order chi connectivity index (χ0) is 24.9. The van der Waals surface area contributed by atoms with E-state index in [0.29, 0.717) is 28.9 Å². The SMILES string of the molecule is COc1ccc(-c2cc(C(=O)NC3C4CC5CC(C4)CC3C5)n(C(=O)OC(C)(C)C)c2)c(OC)c1. The van der Waals surface area contributed by atoms with Gasteiger partial charge in [-0.15, -0.1) is 0 Å². The highest BCUT2D eigenvalue weighted by Gasteiger charge is 2.48. The van der Waals surface area contributed by atoms with Crippen molar-refractivity contribution in [2.24, 2.45) is 23.7 Å². The van der Waals surface area contributed by atoms with Gasteiger partial charge < -0.3 is 19.5 Å². The lowest BCUT2D eigenvalue weighted by Crippen LogP contribution is -2.56. The van der Waals surface area contributed by atoms with E-state index in [1.165, 1.54) is 36.7 Å². The van der Waals surface area contributed by atoms with Crippen LogP contribution in [0.3, 0.4) is 0 Å². The highest BCUT2D eigenvalue weighted by molar-refractivity contribution is 5.98. The first kappa shape index (κ1) is 23.8. The summed E-state index contributed by atoms with van der Waals surface area (Å²) in [7, 11) is 3.18. The van der Waals surface area contributed by atoms with Crippen molar-refractivity contribution in [1.29, 1.82) is 0 Å². The maximum Gasteiger partial charge on any atom is 0.419 e. The van der Waals surface area contributed by atoms with Crippen molar-refractivity contribution in [3.8, 4) is 22.6 Å². The summed E-state index contributed by atoms with van der Waals surface area (Å²) in [6, 6.07) is 7.41. The van der Waals surface area contributed by atoms with Gasteiger partial charge in [-0.1, -0.05) is 0 Å². The summed E-state index contributed by atoms with van der Waals surface area (Å²) in [6.07, 6.45) is 7.27. The summed E-state index contributed by atoms with van der Waals surface area (Å²) in [5.74, 6) is 3.76. The summed E-state index contributed by atoms with van der Waals surface area (Å²) < 4.78 is 17.9. The first-order valence-corrected chi connectivity index (χ1v) is 12.6. The van der Waals surface area contributed by atoms with Crippen molar-refractivity contribution in [2.45, 2.75) is 64.5 Å². The second kappa shape index (κ2) is 8.92. The first-order valence-electron chi connectivity index (χ1n) is 12.6. The van der Waals surface area contributed by atoms with Gasteiger partial charge in [0.1, 0.15) is 22.8 Å². The van der Waals surface area contributed by atoms with Gasteiger partial charge in [-0.25, -0.2) is 9.36 Å². The van der Waals surface area contributed by atoms with E-state index in [1.54, 1.807) is 32.5 Å². The van der Waals surface area contributed by atoms with E-state index in [-0.39, 0.29) is 17.6 Å². The van der Waals surface area contributed by atoms with E-state index >= 15 is 0 Å². The molecule has 4 saturated carbocycles. The maximum absolute atomic E-state index is 13.6. The van der Waals surface area contributed by atoms with Crippen LogP contribution in [-0.4, -0.2) is 42.4 Å². The number of methoxy groups -OCH3 is 2. The fourth-order valence-corrected chi connectivity index (χ4v) is 6.67. The van der Waals surface area contributed by atoms with Gasteiger partial charge in [0.25, 0.3) is 5.91 Å². The van der Waals surface area contributed by atoms with Gasteiger partial charge in [0.05, 0.1) is 14.2 Å². The summed E-state index contributed by atoms with van der Waals surface area (Å²) in [6.45, 7) is 5.45. The van der Waals surface area contributed by atoms with Crippen LogP contribution in [0.4, 0.5) is 4.79 Å². The lowest BCUT2D eigenvalue weighted by molar-refractivity contribution is -0.0121. The third-order valence-electron chi connectivity index (χ3n) is 7.89. The van der Waals surface area contributed by atoms with Crippen LogP contribution in [0.5, 0.6) is 11.5 Å². The van der Waals surface area contributed by atoms with Crippen LogP contribution in [0.25, 0.3) is 11.1 Å². The predicted octanol–water partition coefficient (Wildman–Crippen LogP) is 5.51. The zero-order valence-electron chi connectivity index (χ0n) is 21.3. The Morgan fingerprint density at radius 1 is 0.943 bits per heavy atom. The third-order valence-corrected chi connectivity index (χ3v) is 7.89. The molecule has 0 spiro atoms. The third kappa shape index (κ3) is 4.65. The molecule has 2 aromatic rings. The van der Waals surface area contributed by atoms with Crippen molar-refractivity contribution in [3.05, 3.63) is 36.2 Å². The quantitative estimate of drug-likeness (QED) is 0.610. The molecule has 1 aromatic carbocycles. The number of amides is 1. The molecule has 7 nitrogen and oxygen atoms in total. The van der Waals surface area contributed by atoms with Crippen molar-refractivity contribution in [3.63, 3.8) is 0 Å². The minimum Gasteiger partial charge on any atom is -0.497 e. The Bertz CT molecular complexity index is 1100. The molecule has 35 heavy (non-hydrogen) atoms. The Kier molecular flexibility index (Phi) is 6.06. The smallest absolute Gasteiger partial charge is 0.419 e. The zero-order valence-corrected chi connectivity index (χ0v) is 21.3. The molecule has 188 valence electrons. The highest BCUT2D eigenvalue weighted by atomic mass is 16.6. The van der Waals surface area contributed by atoms with Gasteiger partial charge in [0.15, 0.2) is 0 Å². The largest absolute Gasteiger partial charge is 0.497 e. The van der Waals surface area contributed by atoms with Gasteiger partial charge in [-0.05, 0) is 94.7 Å². The Morgan fingerprint density at radius 2 is 1.60 bits per heavy atom. The first-order chi connectivity index (χ1) is 16.6. The van der Waals surface area contributed by atoms with E-state index in [9.17, 15) is 9.59 Å². The van der Waals surface area contributed by atoms with Gasteiger partial charge >= 0.3 is 6.09 Å². The molecule has 1 aromatic heterocycles. The van der Waals surface area contributed by atoms with Crippen LogP contribution in [0.2, 0.25) is 0 Å². The molecular formula is C28H36N2O5. The number of benzene rings is 1. The Balaban J connectivity index is 1.47. The molecule has 0 saturated heterocycles. The molecule has 0 unspecified atom stereocenters. The number of rotatable bonds is 5. The number of hydrogen-bond acceptors (Lipinski definition) is 5. The standard InChI is InChI=1S/C28H36N2O5/c1-28(2,3)35-27(32)30-15-20(22-7-6-21(33-4)14-24(22)34-5)13-23(30)26(31)29-25-18-9-16-8-17(11-18)12-19(25)10-16/h6-7,13-19,25H,8-12H2,1-5H3,(H,29,31). The van der Waals surface area contributed by atoms with Gasteiger partial charge in [-0.3, -0.25) is 4.79 Å². The average Bonchev–Trinajstić information content (AvgIpc) is 3.25. The maximum atomic E-state index is 13.6. The summed E-state index contributed by atoms with van der Waals surface area (Å²) in [5.41, 5.74) is 1.06. The lowest BCUT2D eigenvalue weighted by Gasteiger charge is -2.54. The van der Waals surface area contributed by atoms with Gasteiger partial charge in [0.2, 0.25) is 0 Å². The fraction of sp³-hybridized carbons (Fsp3) is 0.571. The van der Waals surface area contributed by atoms with Gasteiger partial charge in [-0.2, -0.15) is 0 Å². The number of carbonyl (C=O) groups excluding carboxylic acids is 2. The monoisotopic (exact) mass is 480 g/mol. The van der Waals surface area contributed by atoms with E-state index in [2.05, 4.69) is 5.32 Å². The fourth-order valence-electron chi connectivity index (χ4n) is 6.67. The molecule has 0 radical (unpaired) electrons. The molecule has 4 bridgehead atoms. The molecule has 7 heteroatoms. The normalized spacial score (nSPS) is 26.9. The van der Waals surface area contributed by atoms with Crippen LogP contribution >= 0.6 is 0 Å². The van der Waals surface area contributed by atoms with E-state index in [0.717, 1.165) is 17.4 Å². The molecule has 4 fully saturated rings. The summed E-state index contributed by atoms with van der Waals surface area (Å²) >= 11 is 0. The molecule has 1 heterocycles. The van der Waals surface area contributed by atoms with Crippen LogP contribution in [0.1, 0.15) is 63.4 Å². The van der Waals surface area contributed by atoms with Crippen molar-refractivity contribution < 1.29 is 23.8 Å². The minimum atomic E-state index is -0.686. The highest BCUT2D eigenvalue weighted by Crippen LogP contribution is 2.53. The second-order valence-corrected chi connectivity index (χ2v) is 11.5. The number of hydrogen-bond donors (Lipinski definition) is 1. The second-order valence-electron chi connectivity index (χ2n) is 11.5. The molecule has 0 atom stereocenters. The Labute approximate surface area is 207 Å². The van der Waals surface area contributed by atoms with Crippen LogP contribution < -0.4 is 14.8 Å². The molecular weight excluding hydrogens is 444 g/mol. The number of aromatic nitrogens is 1. The Hall–Kier alpha value is -2.96. The van der Waals surface area contributed by atoms with E-state index in [1.807, 2.05) is 32.9 Å². The van der Waals surface area contributed by atoms with Gasteiger partial charge in [0, 0.05) is 29.4 Å². The van der Waals surface area contributed by atoms with Crippen LogP contribution in [0, 0.1) is 23.7 Å². The summed E-state index contributed by atoms with van der Waals surface area (Å²) in [5, 5.41) is 3.33. The van der Waals surface area contributed by atoms with Crippen molar-refractivity contribution >= 4 is 12.0 Å². The van der Waals surface area contributed by atoms with Crippen molar-refractivity contribution in [2.75, 3.05) is 14.2 Å². The average molecular weight is 481 g/mol. The minimum absolute atomic E-state index is 0.177. The molecule has 6 rings (SSSR count). The number of carbonyl (C=O) groups is 2.